The summed E-state index contributed by atoms with van der Waals surface area (Å²) in [5.74, 6) is -1.16. The third-order valence-electron chi connectivity index (χ3n) is 1.60. The summed E-state index contributed by atoms with van der Waals surface area (Å²) in [5.41, 5.74) is 0. The lowest BCUT2D eigenvalue weighted by molar-refractivity contribution is -0.143. The van der Waals surface area contributed by atoms with E-state index in [0.717, 1.165) is 0 Å². The van der Waals surface area contributed by atoms with E-state index in [1.54, 1.807) is 6.92 Å². The Morgan fingerprint density at radius 2 is 2.00 bits per heavy atom. The molecule has 0 bridgehead atoms. The largest absolute Gasteiger partial charge is 0.481 e. The Bertz CT molecular complexity index is 179. The zero-order valence-electron chi connectivity index (χ0n) is 8.50. The van der Waals surface area contributed by atoms with Crippen molar-refractivity contribution in [3.8, 4) is 0 Å². The lowest BCUT2D eigenvalue weighted by atomic mass is 10.1. The summed E-state index contributed by atoms with van der Waals surface area (Å²) in [6, 6.07) is 0. The monoisotopic (exact) mass is 224 g/mol. The number of hydrogen-bond acceptors (Lipinski definition) is 2. The summed E-state index contributed by atoms with van der Waals surface area (Å²) >= 11 is 5.65. The average Bonchev–Trinajstić information content (AvgIpc) is 1.97. The lowest BCUT2D eigenvalue weighted by Crippen LogP contribution is -2.39. The first-order valence-corrected chi connectivity index (χ1v) is 8.19. The van der Waals surface area contributed by atoms with Gasteiger partial charge in [-0.05, 0) is 26.6 Å². The summed E-state index contributed by atoms with van der Waals surface area (Å²) in [7, 11) is -1.70. The molecule has 78 valence electrons. The number of rotatable bonds is 5. The molecule has 0 aromatic rings. The molecular weight excluding hydrogens is 208 g/mol. The van der Waals surface area contributed by atoms with E-state index in [0.29, 0.717) is 0 Å². The minimum absolute atomic E-state index is 0.234. The second-order valence-corrected chi connectivity index (χ2v) is 8.82. The molecule has 0 saturated heterocycles. The van der Waals surface area contributed by atoms with Crippen molar-refractivity contribution in [1.29, 1.82) is 0 Å². The number of carbonyl (C=O) groups is 1. The highest BCUT2D eigenvalue weighted by Crippen LogP contribution is 2.16. The van der Waals surface area contributed by atoms with Crippen molar-refractivity contribution in [1.82, 2.24) is 0 Å². The molecule has 0 rings (SSSR count). The van der Waals surface area contributed by atoms with E-state index in [4.69, 9.17) is 21.1 Å². The van der Waals surface area contributed by atoms with Crippen LogP contribution in [0.25, 0.3) is 0 Å². The van der Waals surface area contributed by atoms with Crippen LogP contribution in [0, 0.1) is 5.92 Å². The van der Waals surface area contributed by atoms with E-state index in [2.05, 4.69) is 0 Å². The maximum absolute atomic E-state index is 10.7. The summed E-state index contributed by atoms with van der Waals surface area (Å²) in [6.07, 6.45) is -0.370. The van der Waals surface area contributed by atoms with Crippen molar-refractivity contribution in [2.75, 3.05) is 5.88 Å². The van der Waals surface area contributed by atoms with Crippen LogP contribution < -0.4 is 0 Å². The summed E-state index contributed by atoms with van der Waals surface area (Å²) < 4.78 is 5.64. The topological polar surface area (TPSA) is 46.5 Å². The van der Waals surface area contributed by atoms with E-state index in [-0.39, 0.29) is 12.0 Å². The Labute approximate surface area is 85.2 Å². The van der Waals surface area contributed by atoms with Gasteiger partial charge in [-0.3, -0.25) is 4.79 Å². The maximum Gasteiger partial charge on any atom is 0.308 e. The fraction of sp³-hybridized carbons (Fsp3) is 0.875. The molecule has 2 atom stereocenters. The third kappa shape index (κ3) is 5.28. The van der Waals surface area contributed by atoms with Crippen molar-refractivity contribution < 1.29 is 14.3 Å². The van der Waals surface area contributed by atoms with Crippen molar-refractivity contribution >= 4 is 25.9 Å². The van der Waals surface area contributed by atoms with Gasteiger partial charge in [0.15, 0.2) is 8.32 Å². The lowest BCUT2D eigenvalue weighted by Gasteiger charge is -2.27. The summed E-state index contributed by atoms with van der Waals surface area (Å²) in [5, 5.41) is 8.76. The molecule has 2 unspecified atom stereocenters. The van der Waals surface area contributed by atoms with Crippen LogP contribution in [0.3, 0.4) is 0 Å². The maximum atomic E-state index is 10.7. The standard InChI is InChI=1S/C8H17ClO3Si/c1-6(8(10)11)7(5-9)12-13(2,3)4/h6-7H,5H2,1-4H3,(H,10,11). The quantitative estimate of drug-likeness (QED) is 0.575. The summed E-state index contributed by atoms with van der Waals surface area (Å²) in [4.78, 5) is 10.7. The normalized spacial score (nSPS) is 16.7. The van der Waals surface area contributed by atoms with E-state index in [1.807, 2.05) is 19.6 Å². The molecule has 0 heterocycles. The molecule has 0 amide bonds. The Balaban J connectivity index is 4.26. The SMILES string of the molecule is CC(C(=O)O)C(CCl)O[Si](C)(C)C. The molecule has 0 aliphatic heterocycles. The highest BCUT2D eigenvalue weighted by Gasteiger charge is 2.28. The third-order valence-corrected chi connectivity index (χ3v) is 2.92. The van der Waals surface area contributed by atoms with Gasteiger partial charge in [0.2, 0.25) is 0 Å². The highest BCUT2D eigenvalue weighted by atomic mass is 35.5. The molecule has 0 radical (unpaired) electrons. The molecular formula is C8H17ClO3Si. The van der Waals surface area contributed by atoms with Gasteiger partial charge >= 0.3 is 5.97 Å². The van der Waals surface area contributed by atoms with Crippen LogP contribution in [-0.4, -0.2) is 31.4 Å². The van der Waals surface area contributed by atoms with Crippen molar-refractivity contribution in [2.45, 2.75) is 32.7 Å². The number of hydrogen-bond donors (Lipinski definition) is 1. The molecule has 5 heteroatoms. The fourth-order valence-electron chi connectivity index (χ4n) is 0.880. The number of halogens is 1. The van der Waals surface area contributed by atoms with Gasteiger partial charge in [0.05, 0.1) is 12.0 Å². The van der Waals surface area contributed by atoms with E-state index < -0.39 is 20.2 Å². The molecule has 0 aromatic heterocycles. The number of carboxylic acids is 1. The molecule has 0 fully saturated rings. The Hall–Kier alpha value is -0.0631. The van der Waals surface area contributed by atoms with Crippen molar-refractivity contribution in [2.24, 2.45) is 5.92 Å². The minimum Gasteiger partial charge on any atom is -0.481 e. The Morgan fingerprint density at radius 1 is 1.54 bits per heavy atom. The van der Waals surface area contributed by atoms with Gasteiger partial charge in [-0.15, -0.1) is 11.6 Å². The van der Waals surface area contributed by atoms with E-state index in [9.17, 15) is 4.79 Å². The molecule has 0 spiro atoms. The van der Waals surface area contributed by atoms with Crippen LogP contribution in [0.2, 0.25) is 19.6 Å². The van der Waals surface area contributed by atoms with Gasteiger partial charge in [-0.2, -0.15) is 0 Å². The molecule has 0 aliphatic rings. The second-order valence-electron chi connectivity index (χ2n) is 4.05. The molecule has 1 N–H and O–H groups in total. The number of carboxylic acid groups (broad SMARTS) is 1. The van der Waals surface area contributed by atoms with Crippen LogP contribution in [-0.2, 0) is 9.22 Å². The average molecular weight is 225 g/mol. The molecule has 0 aliphatic carbocycles. The van der Waals surface area contributed by atoms with E-state index in [1.165, 1.54) is 0 Å². The predicted octanol–water partition coefficient (Wildman–Crippen LogP) is 2.17. The minimum atomic E-state index is -1.70. The van der Waals surface area contributed by atoms with Gasteiger partial charge < -0.3 is 9.53 Å². The van der Waals surface area contributed by atoms with E-state index >= 15 is 0 Å². The fourth-order valence-corrected chi connectivity index (χ4v) is 2.51. The first kappa shape index (κ1) is 12.9. The number of aliphatic carboxylic acids is 1. The van der Waals surface area contributed by atoms with Crippen LogP contribution in [0.5, 0.6) is 0 Å². The first-order valence-electron chi connectivity index (χ1n) is 4.24. The smallest absolute Gasteiger partial charge is 0.308 e. The second kappa shape index (κ2) is 4.98. The van der Waals surface area contributed by atoms with Crippen LogP contribution >= 0.6 is 11.6 Å². The van der Waals surface area contributed by atoms with Gasteiger partial charge in [0.1, 0.15) is 0 Å². The predicted molar refractivity (Wildman–Crippen MR) is 55.7 cm³/mol. The van der Waals surface area contributed by atoms with Crippen LogP contribution in [0.1, 0.15) is 6.92 Å². The van der Waals surface area contributed by atoms with Crippen LogP contribution in [0.15, 0.2) is 0 Å². The molecule has 13 heavy (non-hydrogen) atoms. The van der Waals surface area contributed by atoms with Crippen molar-refractivity contribution in [3.63, 3.8) is 0 Å². The number of alkyl halides is 1. The first-order chi connectivity index (χ1) is 5.78. The zero-order valence-corrected chi connectivity index (χ0v) is 10.3. The molecule has 0 aromatic carbocycles. The van der Waals surface area contributed by atoms with Crippen molar-refractivity contribution in [3.05, 3.63) is 0 Å². The molecule has 3 nitrogen and oxygen atoms in total. The van der Waals surface area contributed by atoms with Gasteiger partial charge in [-0.25, -0.2) is 0 Å². The van der Waals surface area contributed by atoms with Crippen LogP contribution in [0.4, 0.5) is 0 Å². The molecule has 0 saturated carbocycles. The Kier molecular flexibility index (Phi) is 4.95. The van der Waals surface area contributed by atoms with Gasteiger partial charge in [0, 0.05) is 5.88 Å². The van der Waals surface area contributed by atoms with Gasteiger partial charge in [0.25, 0.3) is 0 Å². The van der Waals surface area contributed by atoms with Gasteiger partial charge in [-0.1, -0.05) is 0 Å². The highest BCUT2D eigenvalue weighted by molar-refractivity contribution is 6.69. The zero-order chi connectivity index (χ0) is 10.6. The Morgan fingerprint density at radius 3 is 2.23 bits per heavy atom. The summed E-state index contributed by atoms with van der Waals surface area (Å²) in [6.45, 7) is 7.67.